The Kier molecular flexibility index (Phi) is 5.57. The second-order valence-corrected chi connectivity index (χ2v) is 4.01. The molecule has 1 rings (SSSR count). The summed E-state index contributed by atoms with van der Waals surface area (Å²) in [5, 5.41) is 0. The van der Waals surface area contributed by atoms with Gasteiger partial charge in [-0.2, -0.15) is 0 Å². The zero-order valence-electron chi connectivity index (χ0n) is 9.98. The van der Waals surface area contributed by atoms with Crippen LogP contribution in [0, 0.1) is 5.92 Å². The lowest BCUT2D eigenvalue weighted by Gasteiger charge is -2.38. The van der Waals surface area contributed by atoms with Gasteiger partial charge in [0.25, 0.3) is 5.92 Å². The molecular weight excluding hydrogens is 184 g/mol. The molecule has 1 nitrogen and oxygen atoms in total. The summed E-state index contributed by atoms with van der Waals surface area (Å²) in [5.74, 6) is -2.94. The van der Waals surface area contributed by atoms with Gasteiger partial charge in [-0.05, 0) is 26.8 Å². The summed E-state index contributed by atoms with van der Waals surface area (Å²) in [6.45, 7) is 10.3. The summed E-state index contributed by atoms with van der Waals surface area (Å²) in [4.78, 5) is 1.85. The topological polar surface area (TPSA) is 3.24 Å². The Morgan fingerprint density at radius 1 is 1.29 bits per heavy atom. The molecule has 0 aliphatic carbocycles. The van der Waals surface area contributed by atoms with Crippen LogP contribution in [0.4, 0.5) is 8.78 Å². The van der Waals surface area contributed by atoms with Gasteiger partial charge in [0, 0.05) is 12.0 Å². The van der Waals surface area contributed by atoms with E-state index in [2.05, 4.69) is 0 Å². The van der Waals surface area contributed by atoms with E-state index in [0.29, 0.717) is 6.42 Å². The van der Waals surface area contributed by atoms with E-state index in [-0.39, 0.29) is 12.6 Å². The molecule has 0 aromatic rings. The molecule has 0 N–H and O–H groups in total. The predicted molar refractivity (Wildman–Crippen MR) is 56.8 cm³/mol. The number of halogens is 2. The van der Waals surface area contributed by atoms with Crippen LogP contribution < -0.4 is 0 Å². The number of alkyl halides is 2. The first kappa shape index (κ1) is 13.8. The van der Waals surface area contributed by atoms with Crippen LogP contribution in [0.3, 0.4) is 0 Å². The van der Waals surface area contributed by atoms with Crippen LogP contribution in [0.2, 0.25) is 0 Å². The molecule has 14 heavy (non-hydrogen) atoms. The van der Waals surface area contributed by atoms with Gasteiger partial charge in [-0.15, -0.1) is 0 Å². The standard InChI is InChI=1S/C9H17F2N.C2H6/c1-7(2)12-5-4-8(3)9(10,11)6-12;1-2/h7-8H,4-6H2,1-3H3;1-2H3. The summed E-state index contributed by atoms with van der Waals surface area (Å²) < 4.78 is 26.3. The number of hydrogen-bond donors (Lipinski definition) is 0. The highest BCUT2D eigenvalue weighted by Crippen LogP contribution is 2.32. The van der Waals surface area contributed by atoms with E-state index in [1.165, 1.54) is 0 Å². The first-order valence-corrected chi connectivity index (χ1v) is 5.55. The molecule has 0 aromatic carbocycles. The fourth-order valence-corrected chi connectivity index (χ4v) is 1.52. The molecule has 0 saturated carbocycles. The normalized spacial score (nSPS) is 27.0. The van der Waals surface area contributed by atoms with Crippen molar-refractivity contribution in [3.8, 4) is 0 Å². The summed E-state index contributed by atoms with van der Waals surface area (Å²) in [5.41, 5.74) is 0. The Balaban J connectivity index is 0.000000791. The van der Waals surface area contributed by atoms with Crippen molar-refractivity contribution in [2.75, 3.05) is 13.1 Å². The lowest BCUT2D eigenvalue weighted by atomic mass is 9.94. The zero-order chi connectivity index (χ0) is 11.4. The third-order valence-corrected chi connectivity index (χ3v) is 2.71. The molecule has 0 aromatic heterocycles. The molecule has 1 saturated heterocycles. The Morgan fingerprint density at radius 3 is 2.14 bits per heavy atom. The number of likely N-dealkylation sites (tertiary alicyclic amines) is 1. The van der Waals surface area contributed by atoms with E-state index in [1.54, 1.807) is 6.92 Å². The highest BCUT2D eigenvalue weighted by atomic mass is 19.3. The van der Waals surface area contributed by atoms with E-state index in [9.17, 15) is 8.78 Å². The summed E-state index contributed by atoms with van der Waals surface area (Å²) >= 11 is 0. The van der Waals surface area contributed by atoms with Crippen LogP contribution >= 0.6 is 0 Å². The van der Waals surface area contributed by atoms with Gasteiger partial charge in [-0.3, -0.25) is 4.90 Å². The van der Waals surface area contributed by atoms with Crippen LogP contribution in [0.1, 0.15) is 41.0 Å². The van der Waals surface area contributed by atoms with Crippen LogP contribution in [0.5, 0.6) is 0 Å². The molecule has 86 valence electrons. The van der Waals surface area contributed by atoms with Gasteiger partial charge in [0.1, 0.15) is 0 Å². The van der Waals surface area contributed by atoms with Gasteiger partial charge in [0.2, 0.25) is 0 Å². The quantitative estimate of drug-likeness (QED) is 0.637. The molecule has 3 heteroatoms. The van der Waals surface area contributed by atoms with Gasteiger partial charge in [0.15, 0.2) is 0 Å². The molecule has 1 fully saturated rings. The number of piperidine rings is 1. The van der Waals surface area contributed by atoms with Gasteiger partial charge in [0.05, 0.1) is 6.54 Å². The minimum atomic E-state index is -2.48. The second-order valence-electron chi connectivity index (χ2n) is 4.01. The second kappa shape index (κ2) is 5.64. The molecule has 1 aliphatic heterocycles. The lowest BCUT2D eigenvalue weighted by molar-refractivity contribution is -0.110. The minimum Gasteiger partial charge on any atom is -0.295 e. The Bertz CT molecular complexity index is 157. The molecule has 1 unspecified atom stereocenters. The molecule has 0 bridgehead atoms. The smallest absolute Gasteiger partial charge is 0.263 e. The molecule has 1 aliphatic rings. The average Bonchev–Trinajstić information content (AvgIpc) is 2.13. The largest absolute Gasteiger partial charge is 0.295 e. The van der Waals surface area contributed by atoms with E-state index in [1.807, 2.05) is 32.6 Å². The third kappa shape index (κ3) is 3.52. The fraction of sp³-hybridized carbons (Fsp3) is 1.00. The van der Waals surface area contributed by atoms with Crippen molar-refractivity contribution in [2.45, 2.75) is 53.0 Å². The van der Waals surface area contributed by atoms with Crippen LogP contribution in [0.15, 0.2) is 0 Å². The highest BCUT2D eigenvalue weighted by molar-refractivity contribution is 4.85. The SMILES string of the molecule is CC.CC(C)N1CCC(C)C(F)(F)C1. The Labute approximate surface area is 86.5 Å². The van der Waals surface area contributed by atoms with Crippen molar-refractivity contribution >= 4 is 0 Å². The van der Waals surface area contributed by atoms with Crippen molar-refractivity contribution < 1.29 is 8.78 Å². The monoisotopic (exact) mass is 207 g/mol. The summed E-state index contributed by atoms with van der Waals surface area (Å²) in [6, 6.07) is 0.239. The Hall–Kier alpha value is -0.180. The Morgan fingerprint density at radius 2 is 1.79 bits per heavy atom. The van der Waals surface area contributed by atoms with Crippen molar-refractivity contribution in [1.29, 1.82) is 0 Å². The van der Waals surface area contributed by atoms with E-state index in [4.69, 9.17) is 0 Å². The maximum Gasteiger partial charge on any atom is 0.263 e. The van der Waals surface area contributed by atoms with Crippen LogP contribution in [-0.4, -0.2) is 30.0 Å². The third-order valence-electron chi connectivity index (χ3n) is 2.71. The maximum absolute atomic E-state index is 13.2. The van der Waals surface area contributed by atoms with Crippen LogP contribution in [0.25, 0.3) is 0 Å². The van der Waals surface area contributed by atoms with Gasteiger partial charge < -0.3 is 0 Å². The molecule has 0 amide bonds. The van der Waals surface area contributed by atoms with E-state index >= 15 is 0 Å². The number of hydrogen-bond acceptors (Lipinski definition) is 1. The van der Waals surface area contributed by atoms with E-state index < -0.39 is 11.8 Å². The molecule has 0 spiro atoms. The first-order valence-electron chi connectivity index (χ1n) is 5.55. The highest BCUT2D eigenvalue weighted by Gasteiger charge is 2.42. The van der Waals surface area contributed by atoms with Crippen LogP contribution in [-0.2, 0) is 0 Å². The lowest BCUT2D eigenvalue weighted by Crippen LogP contribution is -2.49. The van der Waals surface area contributed by atoms with Gasteiger partial charge in [-0.1, -0.05) is 20.8 Å². The van der Waals surface area contributed by atoms with Crippen molar-refractivity contribution in [3.63, 3.8) is 0 Å². The molecule has 0 radical (unpaired) electrons. The predicted octanol–water partition coefficient (Wildman–Crippen LogP) is 3.40. The number of nitrogens with zero attached hydrogens (tertiary/aromatic N) is 1. The van der Waals surface area contributed by atoms with Crippen molar-refractivity contribution in [3.05, 3.63) is 0 Å². The summed E-state index contributed by atoms with van der Waals surface area (Å²) in [7, 11) is 0. The molecular formula is C11H23F2N. The average molecular weight is 207 g/mol. The number of rotatable bonds is 1. The maximum atomic E-state index is 13.2. The van der Waals surface area contributed by atoms with Crippen molar-refractivity contribution in [1.82, 2.24) is 4.90 Å². The summed E-state index contributed by atoms with van der Waals surface area (Å²) in [6.07, 6.45) is 0.616. The van der Waals surface area contributed by atoms with Crippen molar-refractivity contribution in [2.24, 2.45) is 5.92 Å². The first-order chi connectivity index (χ1) is 6.43. The minimum absolute atomic E-state index is 0.0637. The molecule has 1 atom stereocenters. The molecule has 1 heterocycles. The fourth-order valence-electron chi connectivity index (χ4n) is 1.52. The van der Waals surface area contributed by atoms with E-state index in [0.717, 1.165) is 6.54 Å². The van der Waals surface area contributed by atoms with Gasteiger partial charge >= 0.3 is 0 Å². The van der Waals surface area contributed by atoms with Gasteiger partial charge in [-0.25, -0.2) is 8.78 Å². The zero-order valence-corrected chi connectivity index (χ0v) is 9.98.